The van der Waals surface area contributed by atoms with E-state index >= 15 is 0 Å². The van der Waals surface area contributed by atoms with Crippen LogP contribution in [0.15, 0.2) is 30.5 Å². The van der Waals surface area contributed by atoms with Crippen LogP contribution in [0.4, 0.5) is 0 Å². The molecule has 0 spiro atoms. The highest BCUT2D eigenvalue weighted by molar-refractivity contribution is 6.32. The summed E-state index contributed by atoms with van der Waals surface area (Å²) < 4.78 is 1.52. The molecule has 0 unspecified atom stereocenters. The molecule has 0 saturated heterocycles. The van der Waals surface area contributed by atoms with Crippen molar-refractivity contribution in [3.8, 4) is 5.69 Å². The van der Waals surface area contributed by atoms with Gasteiger partial charge < -0.3 is 5.11 Å². The fraction of sp³-hybridized carbons (Fsp3) is 0.0909. The van der Waals surface area contributed by atoms with Gasteiger partial charge in [0.2, 0.25) is 5.82 Å². The molecule has 5 heteroatoms. The van der Waals surface area contributed by atoms with Crippen molar-refractivity contribution in [2.45, 2.75) is 6.92 Å². The first-order valence-corrected chi connectivity index (χ1v) is 5.01. The minimum Gasteiger partial charge on any atom is -0.475 e. The molecule has 1 aromatic carbocycles. The predicted octanol–water partition coefficient (Wildman–Crippen LogP) is 2.53. The number of para-hydroxylation sites is 1. The monoisotopic (exact) mass is 236 g/mol. The van der Waals surface area contributed by atoms with Gasteiger partial charge in [-0.25, -0.2) is 9.78 Å². The maximum atomic E-state index is 11.0. The van der Waals surface area contributed by atoms with E-state index in [1.54, 1.807) is 31.2 Å². The molecule has 1 heterocycles. The van der Waals surface area contributed by atoms with Gasteiger partial charge in [0.25, 0.3) is 0 Å². The second-order valence-corrected chi connectivity index (χ2v) is 3.72. The molecule has 2 rings (SSSR count). The summed E-state index contributed by atoms with van der Waals surface area (Å²) in [6.45, 7) is 1.78. The van der Waals surface area contributed by atoms with Gasteiger partial charge in [0.15, 0.2) is 0 Å². The number of carbonyl (C=O) groups is 1. The number of carboxylic acids is 1. The van der Waals surface area contributed by atoms with E-state index in [0.29, 0.717) is 10.7 Å². The summed E-state index contributed by atoms with van der Waals surface area (Å²) in [5.74, 6) is -1.11. The third-order valence-corrected chi connectivity index (χ3v) is 2.54. The van der Waals surface area contributed by atoms with Crippen molar-refractivity contribution in [3.05, 3.63) is 47.0 Å². The van der Waals surface area contributed by atoms with Gasteiger partial charge in [0.05, 0.1) is 10.7 Å². The van der Waals surface area contributed by atoms with Crippen molar-refractivity contribution in [3.63, 3.8) is 0 Å². The zero-order valence-corrected chi connectivity index (χ0v) is 9.27. The van der Waals surface area contributed by atoms with Crippen LogP contribution in [0.1, 0.15) is 16.3 Å². The van der Waals surface area contributed by atoms with E-state index in [2.05, 4.69) is 4.98 Å². The van der Waals surface area contributed by atoms with Crippen molar-refractivity contribution < 1.29 is 9.90 Å². The highest BCUT2D eigenvalue weighted by Crippen LogP contribution is 2.22. The highest BCUT2D eigenvalue weighted by atomic mass is 35.5. The van der Waals surface area contributed by atoms with Crippen molar-refractivity contribution in [2.24, 2.45) is 0 Å². The maximum absolute atomic E-state index is 11.0. The van der Waals surface area contributed by atoms with Crippen molar-refractivity contribution in [2.75, 3.05) is 0 Å². The summed E-state index contributed by atoms with van der Waals surface area (Å²) >= 11 is 6.02. The molecule has 16 heavy (non-hydrogen) atoms. The number of rotatable bonds is 2. The highest BCUT2D eigenvalue weighted by Gasteiger charge is 2.16. The Labute approximate surface area is 97.1 Å². The second-order valence-electron chi connectivity index (χ2n) is 3.32. The topological polar surface area (TPSA) is 55.1 Å². The summed E-state index contributed by atoms with van der Waals surface area (Å²) in [6, 6.07) is 7.05. The zero-order valence-electron chi connectivity index (χ0n) is 8.51. The van der Waals surface area contributed by atoms with Crippen molar-refractivity contribution in [1.82, 2.24) is 9.55 Å². The zero-order chi connectivity index (χ0) is 11.7. The standard InChI is InChI=1S/C11H9ClN2O2/c1-7-6-13-10(11(15)16)14(7)9-5-3-2-4-8(9)12/h2-6H,1H3,(H,15,16). The van der Waals surface area contributed by atoms with E-state index in [-0.39, 0.29) is 5.82 Å². The lowest BCUT2D eigenvalue weighted by atomic mass is 10.3. The lowest BCUT2D eigenvalue weighted by Gasteiger charge is -2.09. The van der Waals surface area contributed by atoms with E-state index in [9.17, 15) is 4.79 Å². The van der Waals surface area contributed by atoms with Crippen LogP contribution >= 0.6 is 11.6 Å². The first-order valence-electron chi connectivity index (χ1n) is 4.64. The first kappa shape index (κ1) is 10.7. The minimum atomic E-state index is -1.08. The number of hydrogen-bond donors (Lipinski definition) is 1. The SMILES string of the molecule is Cc1cnc(C(=O)O)n1-c1ccccc1Cl. The van der Waals surface area contributed by atoms with Gasteiger partial charge in [-0.1, -0.05) is 23.7 Å². The summed E-state index contributed by atoms with van der Waals surface area (Å²) in [6.07, 6.45) is 1.51. The third-order valence-electron chi connectivity index (χ3n) is 2.22. The van der Waals surface area contributed by atoms with Gasteiger partial charge in [-0.3, -0.25) is 4.57 Å². The van der Waals surface area contributed by atoms with Gasteiger partial charge in [0.1, 0.15) is 0 Å². The van der Waals surface area contributed by atoms with Gasteiger partial charge in [0, 0.05) is 11.9 Å². The largest absolute Gasteiger partial charge is 0.475 e. The van der Waals surface area contributed by atoms with Crippen LogP contribution in [0, 0.1) is 6.92 Å². The fourth-order valence-electron chi connectivity index (χ4n) is 1.53. The predicted molar refractivity (Wildman–Crippen MR) is 60.3 cm³/mol. The Kier molecular flexibility index (Phi) is 2.66. The van der Waals surface area contributed by atoms with Crippen LogP contribution in [0.2, 0.25) is 5.02 Å². The summed E-state index contributed by atoms with van der Waals surface area (Å²) in [5, 5.41) is 9.50. The Hall–Kier alpha value is -1.81. The normalized spacial score (nSPS) is 10.4. The minimum absolute atomic E-state index is 0.0365. The Morgan fingerprint density at radius 2 is 2.12 bits per heavy atom. The van der Waals surface area contributed by atoms with E-state index in [0.717, 1.165) is 5.69 Å². The second kappa shape index (κ2) is 3.98. The molecule has 0 aliphatic carbocycles. The molecule has 0 amide bonds. The summed E-state index contributed by atoms with van der Waals surface area (Å²) in [7, 11) is 0. The van der Waals surface area contributed by atoms with E-state index < -0.39 is 5.97 Å². The fourth-order valence-corrected chi connectivity index (χ4v) is 1.75. The van der Waals surface area contributed by atoms with Crippen LogP contribution in [0.3, 0.4) is 0 Å². The van der Waals surface area contributed by atoms with E-state index in [4.69, 9.17) is 16.7 Å². The molecule has 0 fully saturated rings. The molecule has 1 N–H and O–H groups in total. The van der Waals surface area contributed by atoms with Crippen LogP contribution in [0.5, 0.6) is 0 Å². The molecule has 2 aromatic rings. The van der Waals surface area contributed by atoms with Crippen molar-refractivity contribution >= 4 is 17.6 Å². The quantitative estimate of drug-likeness (QED) is 0.872. The lowest BCUT2D eigenvalue weighted by molar-refractivity contribution is 0.0681. The Balaban J connectivity index is 2.68. The molecule has 4 nitrogen and oxygen atoms in total. The molecule has 82 valence electrons. The van der Waals surface area contributed by atoms with Gasteiger partial charge in [-0.05, 0) is 19.1 Å². The average Bonchev–Trinajstić information content (AvgIpc) is 2.61. The number of halogens is 1. The average molecular weight is 237 g/mol. The molecular weight excluding hydrogens is 228 g/mol. The number of aromatic carboxylic acids is 1. The number of aryl methyl sites for hydroxylation is 1. The molecular formula is C11H9ClN2O2. The molecule has 0 aliphatic rings. The lowest BCUT2D eigenvalue weighted by Crippen LogP contribution is -2.09. The number of benzene rings is 1. The molecule has 0 bridgehead atoms. The number of imidazole rings is 1. The number of aromatic nitrogens is 2. The third kappa shape index (κ3) is 1.67. The van der Waals surface area contributed by atoms with E-state index in [1.807, 2.05) is 0 Å². The molecule has 1 aromatic heterocycles. The van der Waals surface area contributed by atoms with Gasteiger partial charge in [-0.15, -0.1) is 0 Å². The number of nitrogens with zero attached hydrogens (tertiary/aromatic N) is 2. The summed E-state index contributed by atoms with van der Waals surface area (Å²) in [4.78, 5) is 14.8. The molecule has 0 radical (unpaired) electrons. The number of hydrogen-bond acceptors (Lipinski definition) is 2. The molecule has 0 saturated carbocycles. The van der Waals surface area contributed by atoms with Crippen LogP contribution < -0.4 is 0 Å². The smallest absolute Gasteiger partial charge is 0.372 e. The Morgan fingerprint density at radius 1 is 1.44 bits per heavy atom. The Bertz CT molecular complexity index is 549. The van der Waals surface area contributed by atoms with Gasteiger partial charge in [-0.2, -0.15) is 0 Å². The first-order chi connectivity index (χ1) is 7.61. The summed E-state index contributed by atoms with van der Waals surface area (Å²) in [5.41, 5.74) is 1.35. The molecule has 0 aliphatic heterocycles. The van der Waals surface area contributed by atoms with Crippen LogP contribution in [0.25, 0.3) is 5.69 Å². The number of carboxylic acid groups (broad SMARTS) is 1. The molecule has 0 atom stereocenters. The van der Waals surface area contributed by atoms with Crippen LogP contribution in [-0.2, 0) is 0 Å². The van der Waals surface area contributed by atoms with Crippen molar-refractivity contribution in [1.29, 1.82) is 0 Å². The van der Waals surface area contributed by atoms with Gasteiger partial charge >= 0.3 is 5.97 Å². The Morgan fingerprint density at radius 3 is 2.75 bits per heavy atom. The van der Waals surface area contributed by atoms with E-state index in [1.165, 1.54) is 10.8 Å². The van der Waals surface area contributed by atoms with Crippen LogP contribution in [-0.4, -0.2) is 20.6 Å². The maximum Gasteiger partial charge on any atom is 0.372 e.